The lowest BCUT2D eigenvalue weighted by atomic mass is 10.1. The van der Waals surface area contributed by atoms with Crippen molar-refractivity contribution in [3.05, 3.63) is 86.1 Å². The molecule has 1 heterocycles. The fraction of sp³-hybridized carbons (Fsp3) is 0.125. The number of rotatable bonds is 6. The number of oxazole rings is 1. The van der Waals surface area contributed by atoms with E-state index in [2.05, 4.69) is 31.5 Å². The van der Waals surface area contributed by atoms with Crippen LogP contribution in [0.1, 0.15) is 28.7 Å². The standard InChI is InChI=1S/C24H18BrCl2N3O3S/c1-2-32-20-8-5-14(10-17(20)25)23(31)30-24(34)28-16-6-3-13(4-7-16)9-21-29-19-12-15(26)11-18(27)22(19)33-21/h3-8,10-12H,2,9H2,1H3,(H2,28,30,31,34). The van der Waals surface area contributed by atoms with Gasteiger partial charge < -0.3 is 14.5 Å². The first-order chi connectivity index (χ1) is 16.3. The predicted octanol–water partition coefficient (Wildman–Crippen LogP) is 7.01. The van der Waals surface area contributed by atoms with Crippen LogP contribution in [0.3, 0.4) is 0 Å². The van der Waals surface area contributed by atoms with Crippen molar-refractivity contribution in [3.8, 4) is 5.75 Å². The van der Waals surface area contributed by atoms with Gasteiger partial charge in [0.15, 0.2) is 16.6 Å². The van der Waals surface area contributed by atoms with E-state index >= 15 is 0 Å². The third-order valence-electron chi connectivity index (χ3n) is 4.74. The van der Waals surface area contributed by atoms with Crippen LogP contribution in [0.25, 0.3) is 11.1 Å². The van der Waals surface area contributed by atoms with Crippen LogP contribution in [-0.2, 0) is 6.42 Å². The third-order valence-corrected chi connectivity index (χ3v) is 6.06. The lowest BCUT2D eigenvalue weighted by Gasteiger charge is -2.11. The molecule has 1 amide bonds. The number of aromatic nitrogens is 1. The molecular weight excluding hydrogens is 561 g/mol. The highest BCUT2D eigenvalue weighted by atomic mass is 79.9. The van der Waals surface area contributed by atoms with Crippen molar-refractivity contribution in [1.29, 1.82) is 0 Å². The van der Waals surface area contributed by atoms with Crippen molar-refractivity contribution in [3.63, 3.8) is 0 Å². The van der Waals surface area contributed by atoms with E-state index < -0.39 is 0 Å². The van der Waals surface area contributed by atoms with Crippen molar-refractivity contribution in [2.24, 2.45) is 0 Å². The molecule has 3 aromatic carbocycles. The third kappa shape index (κ3) is 5.88. The van der Waals surface area contributed by atoms with Crippen molar-refractivity contribution < 1.29 is 13.9 Å². The Balaban J connectivity index is 1.36. The van der Waals surface area contributed by atoms with Crippen LogP contribution in [0.4, 0.5) is 5.69 Å². The maximum atomic E-state index is 12.5. The summed E-state index contributed by atoms with van der Waals surface area (Å²) in [6.07, 6.45) is 0.483. The summed E-state index contributed by atoms with van der Waals surface area (Å²) in [7, 11) is 0. The zero-order valence-corrected chi connectivity index (χ0v) is 21.7. The van der Waals surface area contributed by atoms with Gasteiger partial charge >= 0.3 is 0 Å². The fourth-order valence-corrected chi connectivity index (χ4v) is 4.44. The summed E-state index contributed by atoms with van der Waals surface area (Å²) in [5, 5.41) is 6.80. The first-order valence-electron chi connectivity index (χ1n) is 10.2. The van der Waals surface area contributed by atoms with Gasteiger partial charge in [-0.25, -0.2) is 4.98 Å². The summed E-state index contributed by atoms with van der Waals surface area (Å²) in [5.74, 6) is 0.876. The fourth-order valence-electron chi connectivity index (χ4n) is 3.21. The number of amides is 1. The molecule has 10 heteroatoms. The number of fused-ring (bicyclic) bond motifs is 1. The zero-order chi connectivity index (χ0) is 24.2. The van der Waals surface area contributed by atoms with E-state index in [4.69, 9.17) is 44.6 Å². The van der Waals surface area contributed by atoms with E-state index in [0.717, 1.165) is 11.3 Å². The number of halogens is 3. The van der Waals surface area contributed by atoms with Gasteiger partial charge in [-0.2, -0.15) is 0 Å². The Morgan fingerprint density at radius 3 is 2.62 bits per heavy atom. The number of thiocarbonyl (C=S) groups is 1. The molecule has 0 fully saturated rings. The van der Waals surface area contributed by atoms with Gasteiger partial charge in [-0.3, -0.25) is 10.1 Å². The smallest absolute Gasteiger partial charge is 0.257 e. The van der Waals surface area contributed by atoms with Crippen LogP contribution in [-0.4, -0.2) is 22.6 Å². The lowest BCUT2D eigenvalue weighted by Crippen LogP contribution is -2.34. The first kappa shape index (κ1) is 24.5. The minimum absolute atomic E-state index is 0.188. The molecule has 0 aliphatic heterocycles. The largest absolute Gasteiger partial charge is 0.493 e. The highest BCUT2D eigenvalue weighted by Crippen LogP contribution is 2.29. The number of hydrogen-bond donors (Lipinski definition) is 2. The number of benzene rings is 3. The van der Waals surface area contributed by atoms with E-state index in [1.54, 1.807) is 30.3 Å². The summed E-state index contributed by atoms with van der Waals surface area (Å²) in [6.45, 7) is 2.43. The number of carbonyl (C=O) groups is 1. The van der Waals surface area contributed by atoms with Crippen LogP contribution >= 0.6 is 51.3 Å². The van der Waals surface area contributed by atoms with Crippen LogP contribution in [0, 0.1) is 0 Å². The van der Waals surface area contributed by atoms with Crippen LogP contribution in [0.2, 0.25) is 10.0 Å². The van der Waals surface area contributed by atoms with E-state index in [1.165, 1.54) is 0 Å². The van der Waals surface area contributed by atoms with Gasteiger partial charge in [0, 0.05) is 22.7 Å². The zero-order valence-electron chi connectivity index (χ0n) is 17.8. The normalized spacial score (nSPS) is 10.8. The average Bonchev–Trinajstić information content (AvgIpc) is 3.19. The van der Waals surface area contributed by atoms with Gasteiger partial charge in [0.2, 0.25) is 0 Å². The van der Waals surface area contributed by atoms with Crippen molar-refractivity contribution in [2.45, 2.75) is 13.3 Å². The number of anilines is 1. The summed E-state index contributed by atoms with van der Waals surface area (Å²) < 4.78 is 11.9. The lowest BCUT2D eigenvalue weighted by molar-refractivity contribution is 0.0977. The molecule has 0 unspecified atom stereocenters. The number of nitrogens with zero attached hydrogens (tertiary/aromatic N) is 1. The second kappa shape index (κ2) is 10.7. The minimum Gasteiger partial charge on any atom is -0.493 e. The van der Waals surface area contributed by atoms with E-state index in [-0.39, 0.29) is 11.0 Å². The van der Waals surface area contributed by atoms with Gasteiger partial charge in [-0.05, 0) is 83.1 Å². The summed E-state index contributed by atoms with van der Waals surface area (Å²) in [6, 6.07) is 16.0. The highest BCUT2D eigenvalue weighted by Gasteiger charge is 2.13. The first-order valence-corrected chi connectivity index (χ1v) is 12.2. The Labute approximate surface area is 219 Å². The van der Waals surface area contributed by atoms with Crippen molar-refractivity contribution in [1.82, 2.24) is 10.3 Å². The van der Waals surface area contributed by atoms with E-state index in [0.29, 0.717) is 55.8 Å². The molecule has 0 saturated heterocycles. The van der Waals surface area contributed by atoms with Gasteiger partial charge in [-0.1, -0.05) is 35.3 Å². The van der Waals surface area contributed by atoms with Crippen LogP contribution in [0.15, 0.2) is 63.5 Å². The molecule has 1 aromatic heterocycles. The quantitative estimate of drug-likeness (QED) is 0.240. The maximum Gasteiger partial charge on any atom is 0.257 e. The Hall–Kier alpha value is -2.65. The molecule has 0 bridgehead atoms. The molecule has 34 heavy (non-hydrogen) atoms. The number of ether oxygens (including phenoxy) is 1. The molecule has 0 saturated carbocycles. The van der Waals surface area contributed by atoms with Crippen molar-refractivity contribution >= 4 is 79.2 Å². The van der Waals surface area contributed by atoms with Gasteiger partial charge in [-0.15, -0.1) is 0 Å². The molecule has 0 radical (unpaired) electrons. The maximum absolute atomic E-state index is 12.5. The predicted molar refractivity (Wildman–Crippen MR) is 142 cm³/mol. The molecule has 6 nitrogen and oxygen atoms in total. The summed E-state index contributed by atoms with van der Waals surface area (Å²) in [5.41, 5.74) is 3.30. The minimum atomic E-state index is -0.326. The second-order valence-corrected chi connectivity index (χ2v) is 9.31. The topological polar surface area (TPSA) is 76.4 Å². The molecule has 2 N–H and O–H groups in total. The molecule has 0 aliphatic carbocycles. The number of hydrogen-bond acceptors (Lipinski definition) is 5. The molecule has 0 atom stereocenters. The molecular formula is C24H18BrCl2N3O3S. The summed E-state index contributed by atoms with van der Waals surface area (Å²) >= 11 is 20.9. The van der Waals surface area contributed by atoms with Gasteiger partial charge in [0.25, 0.3) is 5.91 Å². The Morgan fingerprint density at radius 1 is 1.15 bits per heavy atom. The second-order valence-electron chi connectivity index (χ2n) is 7.20. The monoisotopic (exact) mass is 577 g/mol. The SMILES string of the molecule is CCOc1ccc(C(=O)NC(=S)Nc2ccc(Cc3nc4cc(Cl)cc(Cl)c4o3)cc2)cc1Br. The van der Waals surface area contributed by atoms with Crippen molar-refractivity contribution in [2.75, 3.05) is 11.9 Å². The Bertz CT molecular complexity index is 1380. The Morgan fingerprint density at radius 2 is 1.91 bits per heavy atom. The summed E-state index contributed by atoms with van der Waals surface area (Å²) in [4.78, 5) is 17.0. The van der Waals surface area contributed by atoms with E-state index in [9.17, 15) is 4.79 Å². The number of carbonyl (C=O) groups excluding carboxylic acids is 1. The average molecular weight is 579 g/mol. The van der Waals surface area contributed by atoms with Crippen LogP contribution in [0.5, 0.6) is 5.75 Å². The molecule has 0 aliphatic rings. The van der Waals surface area contributed by atoms with Gasteiger partial charge in [0.05, 0.1) is 16.1 Å². The van der Waals surface area contributed by atoms with E-state index in [1.807, 2.05) is 31.2 Å². The highest BCUT2D eigenvalue weighted by molar-refractivity contribution is 9.10. The van der Waals surface area contributed by atoms with Crippen LogP contribution < -0.4 is 15.4 Å². The molecule has 4 rings (SSSR count). The molecule has 4 aromatic rings. The molecule has 174 valence electrons. The number of nitrogens with one attached hydrogen (secondary N) is 2. The van der Waals surface area contributed by atoms with Gasteiger partial charge in [0.1, 0.15) is 11.3 Å². The Kier molecular flexibility index (Phi) is 7.73. The molecule has 0 spiro atoms.